The summed E-state index contributed by atoms with van der Waals surface area (Å²) < 4.78 is 1.93. The summed E-state index contributed by atoms with van der Waals surface area (Å²) in [6, 6.07) is 8.23. The molecule has 0 aliphatic heterocycles. The molecule has 16 heavy (non-hydrogen) atoms. The van der Waals surface area contributed by atoms with Gasteiger partial charge in [-0.3, -0.25) is 9.38 Å². The van der Waals surface area contributed by atoms with Crippen molar-refractivity contribution in [2.45, 2.75) is 6.92 Å². The summed E-state index contributed by atoms with van der Waals surface area (Å²) in [6.45, 7) is 2.07. The highest BCUT2D eigenvalue weighted by Gasteiger charge is 2.06. The Hall–Kier alpha value is -2.23. The smallest absolute Gasteiger partial charge is 0.179 e. The van der Waals surface area contributed by atoms with Gasteiger partial charge in [-0.1, -0.05) is 29.8 Å². The van der Waals surface area contributed by atoms with E-state index in [0.717, 1.165) is 17.0 Å². The van der Waals surface area contributed by atoms with E-state index in [0.29, 0.717) is 0 Å². The van der Waals surface area contributed by atoms with E-state index in [-0.39, 0.29) is 0 Å². The molecular formula is C12H10N4. The molecular weight excluding hydrogens is 200 g/mol. The highest BCUT2D eigenvalue weighted by Crippen LogP contribution is 2.17. The Balaban J connectivity index is 2.22. The van der Waals surface area contributed by atoms with Gasteiger partial charge in [0.05, 0.1) is 6.20 Å². The maximum atomic E-state index is 4.17. The molecule has 0 aliphatic rings. The second kappa shape index (κ2) is 3.41. The van der Waals surface area contributed by atoms with Crippen LogP contribution in [-0.2, 0) is 0 Å². The molecule has 0 radical (unpaired) electrons. The van der Waals surface area contributed by atoms with E-state index < -0.39 is 0 Å². The molecule has 0 amide bonds. The highest BCUT2D eigenvalue weighted by molar-refractivity contribution is 5.59. The summed E-state index contributed by atoms with van der Waals surface area (Å²) in [6.07, 6.45) is 5.29. The van der Waals surface area contributed by atoms with Crippen LogP contribution in [0.4, 0.5) is 0 Å². The first-order chi connectivity index (χ1) is 7.84. The lowest BCUT2D eigenvalue weighted by Gasteiger charge is -1.99. The Morgan fingerprint density at radius 1 is 1.06 bits per heavy atom. The monoisotopic (exact) mass is 210 g/mol. The van der Waals surface area contributed by atoms with Crippen LogP contribution in [0, 0.1) is 6.92 Å². The van der Waals surface area contributed by atoms with Crippen molar-refractivity contribution in [1.82, 2.24) is 19.6 Å². The van der Waals surface area contributed by atoms with Gasteiger partial charge in [0.15, 0.2) is 11.5 Å². The largest absolute Gasteiger partial charge is 0.280 e. The Labute approximate surface area is 92.6 Å². The second-order valence-electron chi connectivity index (χ2n) is 3.69. The van der Waals surface area contributed by atoms with Gasteiger partial charge < -0.3 is 0 Å². The molecule has 0 N–H and O–H groups in total. The lowest BCUT2D eigenvalue weighted by molar-refractivity contribution is 1.11. The number of hydrogen-bond donors (Lipinski definition) is 0. The van der Waals surface area contributed by atoms with Gasteiger partial charge in [-0.05, 0) is 6.92 Å². The maximum Gasteiger partial charge on any atom is 0.179 e. The first kappa shape index (κ1) is 9.03. The molecule has 0 bridgehead atoms. The van der Waals surface area contributed by atoms with Crippen molar-refractivity contribution in [1.29, 1.82) is 0 Å². The first-order valence-electron chi connectivity index (χ1n) is 5.06. The summed E-state index contributed by atoms with van der Waals surface area (Å²) in [4.78, 5) is 4.01. The fourth-order valence-corrected chi connectivity index (χ4v) is 1.65. The fourth-order valence-electron chi connectivity index (χ4n) is 1.65. The molecule has 0 saturated carbocycles. The summed E-state index contributed by atoms with van der Waals surface area (Å²) in [5, 5.41) is 8.24. The van der Waals surface area contributed by atoms with Crippen molar-refractivity contribution in [3.63, 3.8) is 0 Å². The number of fused-ring (bicyclic) bond motifs is 1. The molecule has 3 aromatic rings. The summed E-state index contributed by atoms with van der Waals surface area (Å²) in [5.41, 5.74) is 3.06. The Kier molecular flexibility index (Phi) is 1.93. The van der Waals surface area contributed by atoms with Gasteiger partial charge in [-0.2, -0.15) is 0 Å². The van der Waals surface area contributed by atoms with Crippen LogP contribution in [0.2, 0.25) is 0 Å². The number of nitrogens with zero attached hydrogens (tertiary/aromatic N) is 4. The van der Waals surface area contributed by atoms with Crippen LogP contribution >= 0.6 is 0 Å². The summed E-state index contributed by atoms with van der Waals surface area (Å²) in [7, 11) is 0. The zero-order chi connectivity index (χ0) is 11.0. The Bertz CT molecular complexity index is 625. The van der Waals surface area contributed by atoms with Crippen molar-refractivity contribution in [2.75, 3.05) is 0 Å². The average Bonchev–Trinajstić information content (AvgIpc) is 2.74. The predicted molar refractivity (Wildman–Crippen MR) is 61.0 cm³/mol. The molecule has 0 saturated heterocycles. The van der Waals surface area contributed by atoms with Gasteiger partial charge in [-0.15, -0.1) is 10.2 Å². The minimum absolute atomic E-state index is 0.762. The van der Waals surface area contributed by atoms with Crippen molar-refractivity contribution in [2.24, 2.45) is 0 Å². The topological polar surface area (TPSA) is 43.1 Å². The third-order valence-corrected chi connectivity index (χ3v) is 2.52. The van der Waals surface area contributed by atoms with E-state index in [2.05, 4.69) is 34.2 Å². The molecule has 0 fully saturated rings. The zero-order valence-corrected chi connectivity index (χ0v) is 8.83. The molecule has 2 heterocycles. The average molecular weight is 210 g/mol. The van der Waals surface area contributed by atoms with Crippen molar-refractivity contribution in [3.05, 3.63) is 48.4 Å². The maximum absolute atomic E-state index is 4.17. The van der Waals surface area contributed by atoms with E-state index in [1.807, 2.05) is 22.7 Å². The van der Waals surface area contributed by atoms with Crippen LogP contribution in [0.15, 0.2) is 42.9 Å². The van der Waals surface area contributed by atoms with Crippen LogP contribution in [0.3, 0.4) is 0 Å². The van der Waals surface area contributed by atoms with Crippen molar-refractivity contribution < 1.29 is 0 Å². The number of aryl methyl sites for hydroxylation is 1. The lowest BCUT2D eigenvalue weighted by atomic mass is 10.1. The van der Waals surface area contributed by atoms with Crippen LogP contribution in [-0.4, -0.2) is 19.6 Å². The Morgan fingerprint density at radius 2 is 1.88 bits per heavy atom. The van der Waals surface area contributed by atoms with Crippen molar-refractivity contribution >= 4 is 5.65 Å². The quantitative estimate of drug-likeness (QED) is 0.617. The highest BCUT2D eigenvalue weighted by atomic mass is 15.2. The molecule has 0 aliphatic carbocycles. The predicted octanol–water partition coefficient (Wildman–Crippen LogP) is 2.10. The molecule has 4 nitrogen and oxygen atoms in total. The van der Waals surface area contributed by atoms with Gasteiger partial charge >= 0.3 is 0 Å². The summed E-state index contributed by atoms with van der Waals surface area (Å²) >= 11 is 0. The normalized spacial score (nSPS) is 10.8. The van der Waals surface area contributed by atoms with E-state index in [1.54, 1.807) is 12.4 Å². The first-order valence-corrected chi connectivity index (χ1v) is 5.06. The van der Waals surface area contributed by atoms with Gasteiger partial charge in [0, 0.05) is 18.0 Å². The number of hydrogen-bond acceptors (Lipinski definition) is 3. The van der Waals surface area contributed by atoms with Crippen molar-refractivity contribution in [3.8, 4) is 11.4 Å². The summed E-state index contributed by atoms with van der Waals surface area (Å²) in [5.74, 6) is 0.845. The van der Waals surface area contributed by atoms with Crippen LogP contribution in [0.1, 0.15) is 5.56 Å². The van der Waals surface area contributed by atoms with Crippen LogP contribution < -0.4 is 0 Å². The third kappa shape index (κ3) is 1.35. The lowest BCUT2D eigenvalue weighted by Crippen LogP contribution is -1.89. The molecule has 3 rings (SSSR count). The van der Waals surface area contributed by atoms with E-state index in [4.69, 9.17) is 0 Å². The van der Waals surface area contributed by atoms with Gasteiger partial charge in [-0.25, -0.2) is 0 Å². The number of rotatable bonds is 1. The SMILES string of the molecule is Cc1ccc(-c2nnc3cnccn23)cc1. The van der Waals surface area contributed by atoms with E-state index in [9.17, 15) is 0 Å². The standard InChI is InChI=1S/C12H10N4/c1-9-2-4-10(5-3-9)12-15-14-11-8-13-6-7-16(11)12/h2-8H,1H3. The zero-order valence-electron chi connectivity index (χ0n) is 8.83. The minimum Gasteiger partial charge on any atom is -0.280 e. The molecule has 0 atom stereocenters. The molecule has 78 valence electrons. The van der Waals surface area contributed by atoms with Gasteiger partial charge in [0.25, 0.3) is 0 Å². The molecule has 0 spiro atoms. The molecule has 1 aromatic carbocycles. The number of benzene rings is 1. The van der Waals surface area contributed by atoms with E-state index >= 15 is 0 Å². The van der Waals surface area contributed by atoms with Gasteiger partial charge in [0.1, 0.15) is 0 Å². The van der Waals surface area contributed by atoms with Gasteiger partial charge in [0.2, 0.25) is 0 Å². The second-order valence-corrected chi connectivity index (χ2v) is 3.69. The van der Waals surface area contributed by atoms with Crippen LogP contribution in [0.25, 0.3) is 17.0 Å². The molecule has 4 heteroatoms. The van der Waals surface area contributed by atoms with E-state index in [1.165, 1.54) is 5.56 Å². The molecule has 0 unspecified atom stereocenters. The minimum atomic E-state index is 0.762. The Morgan fingerprint density at radius 3 is 2.69 bits per heavy atom. The number of aromatic nitrogens is 4. The fraction of sp³-hybridized carbons (Fsp3) is 0.0833. The third-order valence-electron chi connectivity index (χ3n) is 2.52. The van der Waals surface area contributed by atoms with Crippen LogP contribution in [0.5, 0.6) is 0 Å². The molecule has 2 aromatic heterocycles.